The molecule has 0 radical (unpaired) electrons. The highest BCUT2D eigenvalue weighted by Gasteiger charge is 2.14. The van der Waals surface area contributed by atoms with Crippen LogP contribution in [0.15, 0.2) is 24.3 Å². The van der Waals surface area contributed by atoms with Crippen LogP contribution in [0.1, 0.15) is 0 Å². The lowest BCUT2D eigenvalue weighted by Gasteiger charge is -2.22. The summed E-state index contributed by atoms with van der Waals surface area (Å²) in [6, 6.07) is 7.53. The second-order valence-corrected chi connectivity index (χ2v) is 4.41. The van der Waals surface area contributed by atoms with E-state index >= 15 is 0 Å². The van der Waals surface area contributed by atoms with Crippen molar-refractivity contribution in [3.8, 4) is 0 Å². The monoisotopic (exact) mass is 262 g/mol. The number of para-hydroxylation sites is 2. The molecule has 0 amide bonds. The molecule has 6 heteroatoms. The summed E-state index contributed by atoms with van der Waals surface area (Å²) in [5, 5.41) is 9.73. The third-order valence-electron chi connectivity index (χ3n) is 2.78. The molecule has 19 heavy (non-hydrogen) atoms. The molecule has 0 aliphatic carbocycles. The molecule has 0 aliphatic rings. The lowest BCUT2D eigenvalue weighted by atomic mass is 10.3. The fourth-order valence-corrected chi connectivity index (χ4v) is 1.93. The molecular formula is C13H18N4O2. The number of nitrogens with two attached hydrogens (primary N) is 1. The molecule has 1 atom stereocenters. The van der Waals surface area contributed by atoms with E-state index in [-0.39, 0.29) is 6.61 Å². The number of benzene rings is 1. The number of hydrogen-bond donors (Lipinski definition) is 2. The van der Waals surface area contributed by atoms with Crippen molar-refractivity contribution in [3.63, 3.8) is 0 Å². The quantitative estimate of drug-likeness (QED) is 0.823. The third-order valence-corrected chi connectivity index (χ3v) is 2.78. The van der Waals surface area contributed by atoms with Crippen LogP contribution in [0, 0.1) is 0 Å². The van der Waals surface area contributed by atoms with Gasteiger partial charge in [-0.25, -0.2) is 9.97 Å². The lowest BCUT2D eigenvalue weighted by molar-refractivity contribution is 0.0694. The Morgan fingerprint density at radius 3 is 2.58 bits per heavy atom. The van der Waals surface area contributed by atoms with Crippen molar-refractivity contribution >= 4 is 22.7 Å². The highest BCUT2D eigenvalue weighted by atomic mass is 16.5. The Bertz CT molecular complexity index is 561. The van der Waals surface area contributed by atoms with Crippen LogP contribution in [-0.4, -0.2) is 48.5 Å². The van der Waals surface area contributed by atoms with Crippen molar-refractivity contribution < 1.29 is 9.84 Å². The first-order valence-electron chi connectivity index (χ1n) is 6.02. The number of aliphatic hydroxyl groups excluding tert-OH is 1. The SMILES string of the molecule is COCC(O)CN(C)c1nc2ccccc2nc1N. The van der Waals surface area contributed by atoms with Gasteiger partial charge in [-0.2, -0.15) is 0 Å². The molecule has 2 aromatic rings. The minimum Gasteiger partial charge on any atom is -0.389 e. The molecule has 3 N–H and O–H groups in total. The van der Waals surface area contributed by atoms with Gasteiger partial charge in [-0.15, -0.1) is 0 Å². The second kappa shape index (κ2) is 5.81. The Morgan fingerprint density at radius 2 is 1.95 bits per heavy atom. The standard InChI is InChI=1S/C13H18N4O2/c1-17(7-9(18)8-19-2)13-12(14)15-10-5-3-4-6-11(10)16-13/h3-6,9,18H,7-8H2,1-2H3,(H2,14,15). The molecule has 1 heterocycles. The largest absolute Gasteiger partial charge is 0.389 e. The maximum atomic E-state index is 9.73. The summed E-state index contributed by atoms with van der Waals surface area (Å²) in [6.45, 7) is 0.649. The number of aliphatic hydroxyl groups is 1. The lowest BCUT2D eigenvalue weighted by Crippen LogP contribution is -2.33. The Balaban J connectivity index is 2.26. The van der Waals surface area contributed by atoms with Gasteiger partial charge in [-0.1, -0.05) is 12.1 Å². The molecule has 0 aliphatic heterocycles. The maximum Gasteiger partial charge on any atom is 0.172 e. The number of hydrogen-bond acceptors (Lipinski definition) is 6. The molecule has 2 rings (SSSR count). The first kappa shape index (κ1) is 13.5. The minimum atomic E-state index is -0.595. The predicted octanol–water partition coefficient (Wildman–Crippen LogP) is 0.655. The Labute approximate surface area is 111 Å². The van der Waals surface area contributed by atoms with Crippen LogP contribution in [0.3, 0.4) is 0 Å². The molecule has 1 aromatic heterocycles. The van der Waals surface area contributed by atoms with Gasteiger partial charge < -0.3 is 20.5 Å². The Morgan fingerprint density at radius 1 is 1.32 bits per heavy atom. The summed E-state index contributed by atoms with van der Waals surface area (Å²) < 4.78 is 4.90. The zero-order valence-electron chi connectivity index (χ0n) is 11.1. The number of aromatic nitrogens is 2. The van der Waals surface area contributed by atoms with Gasteiger partial charge in [0.05, 0.1) is 23.7 Å². The number of ether oxygens (including phenoxy) is 1. The number of anilines is 2. The van der Waals surface area contributed by atoms with E-state index in [0.717, 1.165) is 11.0 Å². The summed E-state index contributed by atoms with van der Waals surface area (Å²) in [6.07, 6.45) is -0.595. The minimum absolute atomic E-state index is 0.269. The van der Waals surface area contributed by atoms with E-state index in [9.17, 15) is 5.11 Å². The third kappa shape index (κ3) is 3.10. The van der Waals surface area contributed by atoms with Crippen molar-refractivity contribution in [2.75, 3.05) is 37.9 Å². The van der Waals surface area contributed by atoms with Crippen LogP contribution < -0.4 is 10.6 Å². The van der Waals surface area contributed by atoms with Crippen LogP contribution in [0.4, 0.5) is 11.6 Å². The van der Waals surface area contributed by atoms with Gasteiger partial charge in [-0.3, -0.25) is 0 Å². The van der Waals surface area contributed by atoms with Crippen molar-refractivity contribution in [2.24, 2.45) is 0 Å². The highest BCUT2D eigenvalue weighted by Crippen LogP contribution is 2.21. The molecule has 0 spiro atoms. The van der Waals surface area contributed by atoms with Crippen LogP contribution in [0.2, 0.25) is 0 Å². The fourth-order valence-electron chi connectivity index (χ4n) is 1.93. The van der Waals surface area contributed by atoms with E-state index in [1.165, 1.54) is 0 Å². The van der Waals surface area contributed by atoms with Crippen LogP contribution >= 0.6 is 0 Å². The van der Waals surface area contributed by atoms with Gasteiger partial charge in [0.15, 0.2) is 11.6 Å². The molecular weight excluding hydrogens is 244 g/mol. The summed E-state index contributed by atoms with van der Waals surface area (Å²) >= 11 is 0. The normalized spacial score (nSPS) is 12.6. The van der Waals surface area contributed by atoms with Crippen molar-refractivity contribution in [2.45, 2.75) is 6.10 Å². The van der Waals surface area contributed by atoms with E-state index in [0.29, 0.717) is 18.2 Å². The first-order valence-corrected chi connectivity index (χ1v) is 6.02. The molecule has 6 nitrogen and oxygen atoms in total. The molecule has 0 bridgehead atoms. The van der Waals surface area contributed by atoms with E-state index < -0.39 is 6.10 Å². The van der Waals surface area contributed by atoms with E-state index in [1.807, 2.05) is 31.3 Å². The number of nitrogen functional groups attached to an aromatic ring is 1. The first-order chi connectivity index (χ1) is 9.11. The summed E-state index contributed by atoms with van der Waals surface area (Å²) in [4.78, 5) is 10.6. The van der Waals surface area contributed by atoms with Gasteiger partial charge in [0, 0.05) is 20.7 Å². The Kier molecular flexibility index (Phi) is 4.13. The van der Waals surface area contributed by atoms with Crippen molar-refractivity contribution in [1.82, 2.24) is 9.97 Å². The topological polar surface area (TPSA) is 84.5 Å². The molecule has 0 saturated carbocycles. The van der Waals surface area contributed by atoms with Gasteiger partial charge in [0.2, 0.25) is 0 Å². The van der Waals surface area contributed by atoms with Gasteiger partial charge in [0.1, 0.15) is 0 Å². The van der Waals surface area contributed by atoms with Crippen molar-refractivity contribution in [1.29, 1.82) is 0 Å². The number of fused-ring (bicyclic) bond motifs is 1. The average molecular weight is 262 g/mol. The van der Waals surface area contributed by atoms with Crippen LogP contribution in [0.5, 0.6) is 0 Å². The van der Waals surface area contributed by atoms with E-state index in [4.69, 9.17) is 10.5 Å². The van der Waals surface area contributed by atoms with Crippen molar-refractivity contribution in [3.05, 3.63) is 24.3 Å². The van der Waals surface area contributed by atoms with Crippen LogP contribution in [0.25, 0.3) is 11.0 Å². The van der Waals surface area contributed by atoms with Crippen LogP contribution in [-0.2, 0) is 4.74 Å². The molecule has 0 fully saturated rings. The van der Waals surface area contributed by atoms with Gasteiger partial charge >= 0.3 is 0 Å². The van der Waals surface area contributed by atoms with E-state index in [1.54, 1.807) is 12.0 Å². The van der Waals surface area contributed by atoms with E-state index in [2.05, 4.69) is 9.97 Å². The predicted molar refractivity (Wildman–Crippen MR) is 75.1 cm³/mol. The highest BCUT2D eigenvalue weighted by molar-refractivity contribution is 5.79. The molecule has 102 valence electrons. The number of nitrogens with zero attached hydrogens (tertiary/aromatic N) is 3. The number of rotatable bonds is 5. The number of likely N-dealkylation sites (N-methyl/N-ethyl adjacent to an activating group) is 1. The fraction of sp³-hybridized carbons (Fsp3) is 0.385. The zero-order valence-corrected chi connectivity index (χ0v) is 11.1. The smallest absolute Gasteiger partial charge is 0.172 e. The summed E-state index contributed by atoms with van der Waals surface area (Å²) in [7, 11) is 3.36. The summed E-state index contributed by atoms with van der Waals surface area (Å²) in [5.74, 6) is 0.916. The Hall–Kier alpha value is -1.92. The van der Waals surface area contributed by atoms with Gasteiger partial charge in [-0.05, 0) is 12.1 Å². The number of methoxy groups -OCH3 is 1. The second-order valence-electron chi connectivity index (χ2n) is 4.41. The average Bonchev–Trinajstić information content (AvgIpc) is 2.38. The zero-order chi connectivity index (χ0) is 13.8. The molecule has 1 aromatic carbocycles. The maximum absolute atomic E-state index is 9.73. The summed E-state index contributed by atoms with van der Waals surface area (Å²) in [5.41, 5.74) is 7.45. The van der Waals surface area contributed by atoms with Gasteiger partial charge in [0.25, 0.3) is 0 Å². The molecule has 1 unspecified atom stereocenters. The molecule has 0 saturated heterocycles.